The summed E-state index contributed by atoms with van der Waals surface area (Å²) in [5, 5.41) is 0.421. The van der Waals surface area contributed by atoms with E-state index >= 15 is 0 Å². The van der Waals surface area contributed by atoms with Crippen LogP contribution >= 0.6 is 11.8 Å². The van der Waals surface area contributed by atoms with Gasteiger partial charge in [-0.1, -0.05) is 24.3 Å². The second-order valence-electron chi connectivity index (χ2n) is 5.45. The van der Waals surface area contributed by atoms with Gasteiger partial charge in [-0.15, -0.1) is 0 Å². The van der Waals surface area contributed by atoms with Crippen molar-refractivity contribution in [2.75, 3.05) is 18.8 Å². The number of H-pyrrole nitrogens is 2. The molecule has 1 fully saturated rings. The average molecular weight is 317 g/mol. The molecule has 0 aliphatic carbocycles. The van der Waals surface area contributed by atoms with Crippen molar-refractivity contribution < 1.29 is 4.79 Å². The number of aryl methyl sites for hydroxylation is 1. The number of aromatic nitrogens is 2. The number of amides is 1. The van der Waals surface area contributed by atoms with E-state index in [1.54, 1.807) is 0 Å². The summed E-state index contributed by atoms with van der Waals surface area (Å²) in [6, 6.07) is 8.43. The van der Waals surface area contributed by atoms with Crippen LogP contribution in [-0.2, 0) is 0 Å². The number of hydrogen-bond donors (Lipinski definition) is 2. The van der Waals surface area contributed by atoms with Crippen molar-refractivity contribution in [2.24, 2.45) is 0 Å². The van der Waals surface area contributed by atoms with Gasteiger partial charge in [0.05, 0.1) is 0 Å². The fraction of sp³-hybridized carbons (Fsp3) is 0.375. The van der Waals surface area contributed by atoms with E-state index < -0.39 is 0 Å². The van der Waals surface area contributed by atoms with E-state index in [9.17, 15) is 9.59 Å². The highest BCUT2D eigenvalue weighted by Crippen LogP contribution is 2.36. The van der Waals surface area contributed by atoms with Crippen molar-refractivity contribution in [2.45, 2.75) is 18.6 Å². The molecular weight excluding hydrogens is 298 g/mol. The summed E-state index contributed by atoms with van der Waals surface area (Å²) in [5.41, 5.74) is 2.65. The molecule has 116 valence electrons. The van der Waals surface area contributed by atoms with E-state index in [0.29, 0.717) is 24.0 Å². The predicted molar refractivity (Wildman–Crippen MR) is 88.3 cm³/mol. The lowest BCUT2D eigenvalue weighted by Crippen LogP contribution is -2.33. The van der Waals surface area contributed by atoms with Crippen molar-refractivity contribution in [1.82, 2.24) is 14.9 Å². The zero-order valence-corrected chi connectivity index (χ0v) is 13.3. The molecule has 0 radical (unpaired) electrons. The monoisotopic (exact) mass is 317 g/mol. The summed E-state index contributed by atoms with van der Waals surface area (Å²) < 4.78 is 0. The van der Waals surface area contributed by atoms with Crippen molar-refractivity contribution in [3.63, 3.8) is 0 Å². The molecule has 1 aliphatic rings. The number of nitrogens with zero attached hydrogens (tertiary/aromatic N) is 1. The summed E-state index contributed by atoms with van der Waals surface area (Å²) in [4.78, 5) is 30.4. The van der Waals surface area contributed by atoms with Crippen LogP contribution in [0.2, 0.25) is 0 Å². The van der Waals surface area contributed by atoms with Gasteiger partial charge in [-0.2, -0.15) is 11.8 Å². The number of aromatic amines is 2. The SMILES string of the molecule is Cc1ccccc1[C@H]1CCN(C(=O)c2c[nH]c(=O)[nH]2)CCS1. The number of nitrogens with one attached hydrogen (secondary N) is 2. The van der Waals surface area contributed by atoms with Gasteiger partial charge < -0.3 is 14.9 Å². The van der Waals surface area contributed by atoms with E-state index in [-0.39, 0.29) is 11.6 Å². The summed E-state index contributed by atoms with van der Waals surface area (Å²) in [6.07, 6.45) is 2.37. The topological polar surface area (TPSA) is 69.0 Å². The van der Waals surface area contributed by atoms with Crippen LogP contribution < -0.4 is 5.69 Å². The second kappa shape index (κ2) is 6.44. The predicted octanol–water partition coefficient (Wildman–Crippen LogP) is 2.33. The van der Waals surface area contributed by atoms with E-state index in [2.05, 4.69) is 41.2 Å². The minimum Gasteiger partial charge on any atom is -0.336 e. The third kappa shape index (κ3) is 3.11. The van der Waals surface area contributed by atoms with Crippen LogP contribution in [0.25, 0.3) is 0 Å². The Morgan fingerprint density at radius 2 is 2.14 bits per heavy atom. The summed E-state index contributed by atoms with van der Waals surface area (Å²) in [5.74, 6) is 0.795. The normalized spacial score (nSPS) is 19.0. The smallest absolute Gasteiger partial charge is 0.323 e. The molecule has 6 heteroatoms. The molecule has 0 bridgehead atoms. The number of hydrogen-bond acceptors (Lipinski definition) is 3. The first-order valence-corrected chi connectivity index (χ1v) is 8.44. The van der Waals surface area contributed by atoms with Gasteiger partial charge in [0.1, 0.15) is 5.69 Å². The lowest BCUT2D eigenvalue weighted by Gasteiger charge is -2.19. The molecule has 1 amide bonds. The van der Waals surface area contributed by atoms with E-state index in [1.165, 1.54) is 17.3 Å². The maximum Gasteiger partial charge on any atom is 0.323 e. The van der Waals surface area contributed by atoms with Gasteiger partial charge in [0, 0.05) is 30.3 Å². The Labute approximate surface area is 133 Å². The molecule has 1 atom stereocenters. The van der Waals surface area contributed by atoms with E-state index in [1.807, 2.05) is 16.7 Å². The molecular formula is C16H19N3O2S. The summed E-state index contributed by atoms with van der Waals surface area (Å²) >= 11 is 1.90. The van der Waals surface area contributed by atoms with Gasteiger partial charge in [0.2, 0.25) is 0 Å². The highest BCUT2D eigenvalue weighted by molar-refractivity contribution is 7.99. The highest BCUT2D eigenvalue weighted by atomic mass is 32.2. The quantitative estimate of drug-likeness (QED) is 0.893. The fourth-order valence-corrected chi connectivity index (χ4v) is 4.11. The van der Waals surface area contributed by atoms with Crippen LogP contribution in [-0.4, -0.2) is 39.6 Å². The van der Waals surface area contributed by atoms with Gasteiger partial charge >= 0.3 is 5.69 Å². The molecule has 1 saturated heterocycles. The molecule has 22 heavy (non-hydrogen) atoms. The molecule has 2 N–H and O–H groups in total. The average Bonchev–Trinajstić information content (AvgIpc) is 2.81. The maximum atomic E-state index is 12.4. The van der Waals surface area contributed by atoms with Crippen LogP contribution in [0.15, 0.2) is 35.3 Å². The molecule has 3 rings (SSSR count). The Kier molecular flexibility index (Phi) is 4.38. The number of thioether (sulfide) groups is 1. The fourth-order valence-electron chi connectivity index (χ4n) is 2.79. The Balaban J connectivity index is 1.71. The lowest BCUT2D eigenvalue weighted by atomic mass is 10.0. The van der Waals surface area contributed by atoms with Crippen LogP contribution in [0.4, 0.5) is 0 Å². The van der Waals surface area contributed by atoms with Crippen molar-refractivity contribution in [3.05, 3.63) is 57.8 Å². The molecule has 2 aromatic rings. The van der Waals surface area contributed by atoms with Crippen molar-refractivity contribution in [3.8, 4) is 0 Å². The zero-order chi connectivity index (χ0) is 15.5. The number of rotatable bonds is 2. The first-order valence-electron chi connectivity index (χ1n) is 7.39. The van der Waals surface area contributed by atoms with E-state index in [4.69, 9.17) is 0 Å². The van der Waals surface area contributed by atoms with Gasteiger partial charge in [0.25, 0.3) is 5.91 Å². The molecule has 5 nitrogen and oxygen atoms in total. The van der Waals surface area contributed by atoms with Crippen LogP contribution in [0.5, 0.6) is 0 Å². The number of imidazole rings is 1. The van der Waals surface area contributed by atoms with E-state index in [0.717, 1.165) is 12.2 Å². The Hall–Kier alpha value is -1.95. The zero-order valence-electron chi connectivity index (χ0n) is 12.5. The minimum absolute atomic E-state index is 0.107. The molecule has 1 aromatic heterocycles. The molecule has 1 aliphatic heterocycles. The Bertz CT molecular complexity index is 722. The third-order valence-electron chi connectivity index (χ3n) is 3.99. The van der Waals surface area contributed by atoms with Gasteiger partial charge in [-0.05, 0) is 24.5 Å². The summed E-state index contributed by atoms with van der Waals surface area (Å²) in [7, 11) is 0. The summed E-state index contributed by atoms with van der Waals surface area (Å²) in [6.45, 7) is 3.55. The second-order valence-corrected chi connectivity index (χ2v) is 6.76. The highest BCUT2D eigenvalue weighted by Gasteiger charge is 2.24. The standard InChI is InChI=1S/C16H19N3O2S/c1-11-4-2-3-5-12(11)14-6-7-19(8-9-22-14)15(20)13-10-17-16(21)18-13/h2-5,10,14H,6-9H2,1H3,(H2,17,18,21)/t14-/m1/s1. The lowest BCUT2D eigenvalue weighted by molar-refractivity contribution is 0.0761. The number of carbonyl (C=O) groups is 1. The minimum atomic E-state index is -0.342. The first-order chi connectivity index (χ1) is 10.6. The van der Waals surface area contributed by atoms with Crippen LogP contribution in [0, 0.1) is 6.92 Å². The van der Waals surface area contributed by atoms with Crippen LogP contribution in [0.3, 0.4) is 0 Å². The molecule has 2 heterocycles. The largest absolute Gasteiger partial charge is 0.336 e. The number of benzene rings is 1. The third-order valence-corrected chi connectivity index (χ3v) is 5.30. The molecule has 1 aromatic carbocycles. The first kappa shape index (κ1) is 15.0. The van der Waals surface area contributed by atoms with Gasteiger partial charge in [-0.25, -0.2) is 4.79 Å². The van der Waals surface area contributed by atoms with Crippen LogP contribution in [0.1, 0.15) is 33.3 Å². The van der Waals surface area contributed by atoms with Crippen molar-refractivity contribution in [1.29, 1.82) is 0 Å². The Morgan fingerprint density at radius 1 is 1.32 bits per heavy atom. The Morgan fingerprint density at radius 3 is 2.86 bits per heavy atom. The number of carbonyl (C=O) groups excluding carboxylic acids is 1. The molecule has 0 unspecified atom stereocenters. The van der Waals surface area contributed by atoms with Gasteiger partial charge in [-0.3, -0.25) is 4.79 Å². The molecule has 0 saturated carbocycles. The van der Waals surface area contributed by atoms with Gasteiger partial charge in [0.15, 0.2) is 0 Å². The maximum absolute atomic E-state index is 12.4. The van der Waals surface area contributed by atoms with Crippen molar-refractivity contribution >= 4 is 17.7 Å². The molecule has 0 spiro atoms.